The third-order valence-corrected chi connectivity index (χ3v) is 4.13. The predicted molar refractivity (Wildman–Crippen MR) is 79.1 cm³/mol. The second-order valence-electron chi connectivity index (χ2n) is 5.33. The molecule has 1 fully saturated rings. The molecule has 1 aliphatic heterocycles. The minimum absolute atomic E-state index is 0.0387. The molecule has 1 amide bonds. The lowest BCUT2D eigenvalue weighted by Crippen LogP contribution is -2.31. The Hall–Kier alpha value is -1.99. The molecule has 2 aromatic rings. The molecular weight excluding hydrogens is 328 g/mol. The van der Waals surface area contributed by atoms with Gasteiger partial charge in [0.1, 0.15) is 11.6 Å². The van der Waals surface area contributed by atoms with Crippen molar-refractivity contribution in [3.8, 4) is 0 Å². The largest absolute Gasteiger partial charge is 0.373 e. The van der Waals surface area contributed by atoms with Crippen LogP contribution in [-0.4, -0.2) is 29.3 Å². The van der Waals surface area contributed by atoms with Gasteiger partial charge in [-0.15, -0.1) is 0 Å². The lowest BCUT2D eigenvalue weighted by molar-refractivity contribution is 0.0844. The standard InChI is InChI=1S/C15H14ClF2N3O2/c16-11-4-12(17)10(3-13(11)18)15(22)19-5-8-1-2-23-14(8)9-6-20-21-7-9/h3-4,6-8,14H,1-2,5H2,(H,19,22)(H,20,21)/t8-,14+/m1/s1. The number of nitrogens with zero attached hydrogens (tertiary/aromatic N) is 1. The van der Waals surface area contributed by atoms with E-state index in [1.54, 1.807) is 12.4 Å². The van der Waals surface area contributed by atoms with Gasteiger partial charge >= 0.3 is 0 Å². The fraction of sp³-hybridized carbons (Fsp3) is 0.333. The number of carbonyl (C=O) groups is 1. The molecule has 1 aromatic carbocycles. The van der Waals surface area contributed by atoms with E-state index in [1.165, 1.54) is 0 Å². The fourth-order valence-electron chi connectivity index (χ4n) is 2.64. The molecule has 1 aliphatic rings. The summed E-state index contributed by atoms with van der Waals surface area (Å²) in [5.74, 6) is -2.34. The third-order valence-electron chi connectivity index (χ3n) is 3.84. The SMILES string of the molecule is O=C(NC[C@H]1CCO[C@@H]1c1cn[nH]c1)c1cc(F)c(Cl)cc1F. The highest BCUT2D eigenvalue weighted by atomic mass is 35.5. The van der Waals surface area contributed by atoms with E-state index in [4.69, 9.17) is 16.3 Å². The average molecular weight is 342 g/mol. The van der Waals surface area contributed by atoms with E-state index in [2.05, 4.69) is 15.5 Å². The van der Waals surface area contributed by atoms with Crippen molar-refractivity contribution in [3.63, 3.8) is 0 Å². The quantitative estimate of drug-likeness (QED) is 0.840. The summed E-state index contributed by atoms with van der Waals surface area (Å²) in [4.78, 5) is 12.1. The summed E-state index contributed by atoms with van der Waals surface area (Å²) in [6, 6.07) is 1.59. The van der Waals surface area contributed by atoms with Crippen molar-refractivity contribution in [2.45, 2.75) is 12.5 Å². The number of ether oxygens (including phenoxy) is 1. The van der Waals surface area contributed by atoms with E-state index in [9.17, 15) is 13.6 Å². The first kappa shape index (κ1) is 15.9. The Kier molecular flexibility index (Phi) is 4.58. The molecular formula is C15H14ClF2N3O2. The summed E-state index contributed by atoms with van der Waals surface area (Å²) in [6.07, 6.45) is 3.98. The lowest BCUT2D eigenvalue weighted by atomic mass is 9.97. The Bertz CT molecular complexity index is 709. The van der Waals surface area contributed by atoms with Gasteiger partial charge in [-0.3, -0.25) is 9.89 Å². The molecule has 2 N–H and O–H groups in total. The number of nitrogens with one attached hydrogen (secondary N) is 2. The summed E-state index contributed by atoms with van der Waals surface area (Å²) < 4.78 is 32.8. The van der Waals surface area contributed by atoms with E-state index in [1.807, 2.05) is 0 Å². The summed E-state index contributed by atoms with van der Waals surface area (Å²) in [7, 11) is 0. The van der Waals surface area contributed by atoms with Crippen molar-refractivity contribution in [3.05, 3.63) is 52.3 Å². The first-order valence-corrected chi connectivity index (χ1v) is 7.47. The molecule has 0 radical (unpaired) electrons. The van der Waals surface area contributed by atoms with Crippen LogP contribution in [-0.2, 0) is 4.74 Å². The highest BCUT2D eigenvalue weighted by Gasteiger charge is 2.30. The van der Waals surface area contributed by atoms with Gasteiger partial charge in [0.05, 0.1) is 22.9 Å². The number of hydrogen-bond donors (Lipinski definition) is 2. The van der Waals surface area contributed by atoms with Crippen LogP contribution in [0, 0.1) is 17.6 Å². The molecule has 5 nitrogen and oxygen atoms in total. The van der Waals surface area contributed by atoms with Gasteiger partial charge in [-0.2, -0.15) is 5.10 Å². The molecule has 122 valence electrons. The van der Waals surface area contributed by atoms with Crippen LogP contribution in [0.5, 0.6) is 0 Å². The van der Waals surface area contributed by atoms with E-state index in [0.717, 1.165) is 24.1 Å². The molecule has 0 unspecified atom stereocenters. The maximum Gasteiger partial charge on any atom is 0.254 e. The van der Waals surface area contributed by atoms with Crippen molar-refractivity contribution in [1.82, 2.24) is 15.5 Å². The minimum Gasteiger partial charge on any atom is -0.373 e. The molecule has 23 heavy (non-hydrogen) atoms. The number of aromatic amines is 1. The first-order chi connectivity index (χ1) is 11.1. The van der Waals surface area contributed by atoms with E-state index >= 15 is 0 Å². The topological polar surface area (TPSA) is 67.0 Å². The number of rotatable bonds is 4. The summed E-state index contributed by atoms with van der Waals surface area (Å²) in [6.45, 7) is 0.860. The van der Waals surface area contributed by atoms with Gasteiger partial charge < -0.3 is 10.1 Å². The van der Waals surface area contributed by atoms with Crippen molar-refractivity contribution in [2.24, 2.45) is 5.92 Å². The Balaban J connectivity index is 1.66. The molecule has 2 heterocycles. The van der Waals surface area contributed by atoms with Gasteiger partial charge in [-0.25, -0.2) is 8.78 Å². The number of hydrogen-bond acceptors (Lipinski definition) is 3. The monoisotopic (exact) mass is 341 g/mol. The zero-order chi connectivity index (χ0) is 16.4. The maximum absolute atomic E-state index is 13.7. The Morgan fingerprint density at radius 3 is 3.00 bits per heavy atom. The van der Waals surface area contributed by atoms with E-state index < -0.39 is 17.5 Å². The van der Waals surface area contributed by atoms with E-state index in [0.29, 0.717) is 13.2 Å². The van der Waals surface area contributed by atoms with Crippen molar-refractivity contribution >= 4 is 17.5 Å². The number of amides is 1. The molecule has 1 saturated heterocycles. The van der Waals surface area contributed by atoms with Crippen LogP contribution < -0.4 is 5.32 Å². The second kappa shape index (κ2) is 6.64. The first-order valence-electron chi connectivity index (χ1n) is 7.09. The zero-order valence-electron chi connectivity index (χ0n) is 12.0. The minimum atomic E-state index is -0.858. The van der Waals surface area contributed by atoms with Crippen LogP contribution in [0.25, 0.3) is 0 Å². The van der Waals surface area contributed by atoms with Crippen LogP contribution in [0.2, 0.25) is 5.02 Å². The molecule has 8 heteroatoms. The summed E-state index contributed by atoms with van der Waals surface area (Å²) >= 11 is 5.48. The van der Waals surface area contributed by atoms with Crippen LogP contribution in [0.1, 0.15) is 28.4 Å². The molecule has 0 bridgehead atoms. The molecule has 0 spiro atoms. The van der Waals surface area contributed by atoms with Gasteiger partial charge in [-0.05, 0) is 18.6 Å². The number of benzene rings is 1. The second-order valence-corrected chi connectivity index (χ2v) is 5.74. The van der Waals surface area contributed by atoms with Gasteiger partial charge in [0.15, 0.2) is 0 Å². The number of H-pyrrole nitrogens is 1. The Morgan fingerprint density at radius 2 is 2.26 bits per heavy atom. The summed E-state index contributed by atoms with van der Waals surface area (Å²) in [5, 5.41) is 8.86. The Labute approximate surface area is 136 Å². The molecule has 0 saturated carbocycles. The normalized spacial score (nSPS) is 20.7. The highest BCUT2D eigenvalue weighted by molar-refractivity contribution is 6.30. The number of halogens is 3. The summed E-state index contributed by atoms with van der Waals surface area (Å²) in [5.41, 5.74) is 0.524. The van der Waals surface area contributed by atoms with E-state index in [-0.39, 0.29) is 22.6 Å². The van der Waals surface area contributed by atoms with Gasteiger partial charge in [0.25, 0.3) is 5.91 Å². The van der Waals surface area contributed by atoms with Gasteiger partial charge in [0.2, 0.25) is 0 Å². The number of carbonyl (C=O) groups excluding carboxylic acids is 1. The highest BCUT2D eigenvalue weighted by Crippen LogP contribution is 2.33. The fourth-order valence-corrected chi connectivity index (χ4v) is 2.79. The Morgan fingerprint density at radius 1 is 1.43 bits per heavy atom. The van der Waals surface area contributed by atoms with Crippen molar-refractivity contribution in [1.29, 1.82) is 0 Å². The predicted octanol–water partition coefficient (Wildman–Crippen LogP) is 2.85. The molecule has 0 aliphatic carbocycles. The van der Waals surface area contributed by atoms with Crippen LogP contribution in [0.4, 0.5) is 8.78 Å². The molecule has 2 atom stereocenters. The van der Waals surface area contributed by atoms with Crippen molar-refractivity contribution < 1.29 is 18.3 Å². The maximum atomic E-state index is 13.7. The average Bonchev–Trinajstić information content (AvgIpc) is 3.18. The molecule has 1 aromatic heterocycles. The van der Waals surface area contributed by atoms with Gasteiger partial charge in [0, 0.05) is 30.8 Å². The zero-order valence-corrected chi connectivity index (χ0v) is 12.7. The van der Waals surface area contributed by atoms with Crippen molar-refractivity contribution in [2.75, 3.05) is 13.2 Å². The lowest BCUT2D eigenvalue weighted by Gasteiger charge is -2.17. The van der Waals surface area contributed by atoms with Crippen LogP contribution >= 0.6 is 11.6 Å². The number of aromatic nitrogens is 2. The molecule has 3 rings (SSSR count). The smallest absolute Gasteiger partial charge is 0.254 e. The van der Waals surface area contributed by atoms with Crippen LogP contribution in [0.15, 0.2) is 24.5 Å². The van der Waals surface area contributed by atoms with Crippen LogP contribution in [0.3, 0.4) is 0 Å². The third kappa shape index (κ3) is 3.35. The van der Waals surface area contributed by atoms with Gasteiger partial charge in [-0.1, -0.05) is 11.6 Å².